The van der Waals surface area contributed by atoms with Crippen molar-refractivity contribution in [3.63, 3.8) is 0 Å². The van der Waals surface area contributed by atoms with E-state index in [0.717, 1.165) is 12.0 Å². The number of carboxylic acid groups (broad SMARTS) is 1. The lowest BCUT2D eigenvalue weighted by molar-refractivity contribution is 0.0697. The number of rotatable bonds is 5. The molecule has 2 nitrogen and oxygen atoms in total. The van der Waals surface area contributed by atoms with Gasteiger partial charge in [-0.05, 0) is 74.4 Å². The number of carboxylic acids is 1. The lowest BCUT2D eigenvalue weighted by atomic mass is 9.71. The SMILES string of the molecule is CC(C)(C)c1ccc(C2=CCC(C)(C)c3ccc(C(=Cc4ccc(C(=O)O)cc4)[Si](C)(C)C)cc32)cc1. The molecule has 0 aromatic heterocycles. The van der Waals surface area contributed by atoms with E-state index in [9.17, 15) is 9.90 Å². The summed E-state index contributed by atoms with van der Waals surface area (Å²) in [4.78, 5) is 11.3. The van der Waals surface area contributed by atoms with Crippen molar-refractivity contribution in [2.75, 3.05) is 0 Å². The Morgan fingerprint density at radius 2 is 1.49 bits per heavy atom. The normalized spacial score (nSPS) is 15.7. The molecule has 0 saturated carbocycles. The maximum Gasteiger partial charge on any atom is 0.335 e. The molecule has 0 atom stereocenters. The summed E-state index contributed by atoms with van der Waals surface area (Å²) in [6, 6.07) is 23.3. The molecule has 3 heteroatoms. The molecule has 37 heavy (non-hydrogen) atoms. The Bertz CT molecular complexity index is 1370. The van der Waals surface area contributed by atoms with Crippen LogP contribution in [0.25, 0.3) is 16.8 Å². The highest BCUT2D eigenvalue weighted by atomic mass is 28.3. The van der Waals surface area contributed by atoms with Crippen LogP contribution in [0.15, 0.2) is 72.8 Å². The molecule has 0 fully saturated rings. The first-order valence-corrected chi connectivity index (χ1v) is 16.7. The quantitative estimate of drug-likeness (QED) is 0.275. The minimum atomic E-state index is -1.73. The monoisotopic (exact) mass is 508 g/mol. The van der Waals surface area contributed by atoms with Gasteiger partial charge >= 0.3 is 5.97 Å². The molecule has 1 N–H and O–H groups in total. The van der Waals surface area contributed by atoms with Gasteiger partial charge in [-0.15, -0.1) is 0 Å². The largest absolute Gasteiger partial charge is 0.478 e. The zero-order chi connectivity index (χ0) is 27.2. The first-order chi connectivity index (χ1) is 17.2. The van der Waals surface area contributed by atoms with E-state index in [4.69, 9.17) is 0 Å². The van der Waals surface area contributed by atoms with Crippen molar-refractivity contribution in [1.82, 2.24) is 0 Å². The van der Waals surface area contributed by atoms with Gasteiger partial charge in [0.05, 0.1) is 13.6 Å². The molecular weight excluding hydrogens is 468 g/mol. The smallest absolute Gasteiger partial charge is 0.335 e. The topological polar surface area (TPSA) is 37.3 Å². The molecule has 0 saturated heterocycles. The molecule has 192 valence electrons. The van der Waals surface area contributed by atoms with E-state index in [1.807, 2.05) is 12.1 Å². The number of benzene rings is 3. The van der Waals surface area contributed by atoms with Gasteiger partial charge < -0.3 is 5.11 Å². The molecule has 3 aromatic carbocycles. The lowest BCUT2D eigenvalue weighted by Crippen LogP contribution is -2.25. The van der Waals surface area contributed by atoms with Crippen LogP contribution in [0.4, 0.5) is 0 Å². The van der Waals surface area contributed by atoms with Gasteiger partial charge in [-0.2, -0.15) is 0 Å². The Morgan fingerprint density at radius 3 is 2.03 bits per heavy atom. The standard InChI is InChI=1S/C34H40O2Si/c1-33(2,3)27-16-13-24(14-17-27)28-19-20-34(4,5)30-18-15-26(22-29(28)30)31(37(6,7)8)21-23-9-11-25(12-10-23)32(35)36/h9-19,21-22H,20H2,1-8H3,(H,35,36). The predicted octanol–water partition coefficient (Wildman–Crippen LogP) is 9.21. The summed E-state index contributed by atoms with van der Waals surface area (Å²) >= 11 is 0. The minimum Gasteiger partial charge on any atom is -0.478 e. The van der Waals surface area contributed by atoms with E-state index < -0.39 is 14.0 Å². The highest BCUT2D eigenvalue weighted by molar-refractivity contribution is 6.94. The molecule has 0 spiro atoms. The molecule has 1 aliphatic rings. The van der Waals surface area contributed by atoms with Gasteiger partial charge in [0.1, 0.15) is 0 Å². The molecule has 0 bridgehead atoms. The third kappa shape index (κ3) is 5.72. The summed E-state index contributed by atoms with van der Waals surface area (Å²) < 4.78 is 0. The average molecular weight is 509 g/mol. The second-order valence-electron chi connectivity index (χ2n) is 13.0. The van der Waals surface area contributed by atoms with Crippen molar-refractivity contribution in [2.45, 2.75) is 71.5 Å². The molecule has 1 aliphatic carbocycles. The number of carbonyl (C=O) groups is 1. The zero-order valence-electron chi connectivity index (χ0n) is 23.6. The van der Waals surface area contributed by atoms with Crippen LogP contribution in [0.2, 0.25) is 19.6 Å². The third-order valence-corrected chi connectivity index (χ3v) is 9.55. The number of fused-ring (bicyclic) bond motifs is 1. The van der Waals surface area contributed by atoms with Crippen LogP contribution in [0.3, 0.4) is 0 Å². The fourth-order valence-electron chi connectivity index (χ4n) is 5.15. The van der Waals surface area contributed by atoms with Gasteiger partial charge in [0.15, 0.2) is 0 Å². The lowest BCUT2D eigenvalue weighted by Gasteiger charge is -2.33. The van der Waals surface area contributed by atoms with E-state index in [2.05, 4.69) is 109 Å². The molecular formula is C34H40O2Si. The molecule has 0 radical (unpaired) electrons. The molecule has 4 rings (SSSR count). The molecule has 0 unspecified atom stereocenters. The summed E-state index contributed by atoms with van der Waals surface area (Å²) in [7, 11) is -1.73. The summed E-state index contributed by atoms with van der Waals surface area (Å²) in [6.07, 6.45) is 5.69. The molecule has 3 aromatic rings. The van der Waals surface area contributed by atoms with Crippen molar-refractivity contribution >= 4 is 30.9 Å². The highest BCUT2D eigenvalue weighted by Gasteiger charge is 2.30. The third-order valence-electron chi connectivity index (χ3n) is 7.50. The molecule has 0 amide bonds. The van der Waals surface area contributed by atoms with Crippen molar-refractivity contribution in [3.8, 4) is 0 Å². The maximum atomic E-state index is 11.3. The van der Waals surface area contributed by atoms with Gasteiger partial charge in [0.2, 0.25) is 0 Å². The Kier molecular flexibility index (Phi) is 6.98. The Labute approximate surface area is 223 Å². The first-order valence-electron chi connectivity index (χ1n) is 13.2. The Balaban J connectivity index is 1.83. The van der Waals surface area contributed by atoms with E-state index in [1.165, 1.54) is 38.6 Å². The predicted molar refractivity (Wildman–Crippen MR) is 161 cm³/mol. The number of aromatic carboxylic acids is 1. The van der Waals surface area contributed by atoms with Crippen LogP contribution in [0.5, 0.6) is 0 Å². The summed E-state index contributed by atoms with van der Waals surface area (Å²) in [5.41, 5.74) is 9.48. The van der Waals surface area contributed by atoms with Crippen molar-refractivity contribution in [2.24, 2.45) is 0 Å². The second-order valence-corrected chi connectivity index (χ2v) is 18.1. The van der Waals surface area contributed by atoms with Gasteiger partial charge in [-0.1, -0.05) is 120 Å². The van der Waals surface area contributed by atoms with Crippen LogP contribution >= 0.6 is 0 Å². The summed E-state index contributed by atoms with van der Waals surface area (Å²) in [6.45, 7) is 18.5. The van der Waals surface area contributed by atoms with Gasteiger partial charge in [-0.25, -0.2) is 4.79 Å². The first kappa shape index (κ1) is 26.9. The van der Waals surface area contributed by atoms with Crippen molar-refractivity contribution in [3.05, 3.63) is 112 Å². The van der Waals surface area contributed by atoms with Crippen LogP contribution in [-0.2, 0) is 10.8 Å². The number of hydrogen-bond donors (Lipinski definition) is 1. The fourth-order valence-corrected chi connectivity index (χ4v) is 6.77. The zero-order valence-corrected chi connectivity index (χ0v) is 24.6. The van der Waals surface area contributed by atoms with Gasteiger partial charge in [0.25, 0.3) is 0 Å². The van der Waals surface area contributed by atoms with Crippen LogP contribution in [0, 0.1) is 0 Å². The summed E-state index contributed by atoms with van der Waals surface area (Å²) in [5.74, 6) is -0.895. The van der Waals surface area contributed by atoms with Gasteiger partial charge in [-0.3, -0.25) is 0 Å². The van der Waals surface area contributed by atoms with Crippen LogP contribution < -0.4 is 0 Å². The minimum absolute atomic E-state index is 0.0818. The van der Waals surface area contributed by atoms with Crippen LogP contribution in [-0.4, -0.2) is 19.1 Å². The van der Waals surface area contributed by atoms with Crippen LogP contribution in [0.1, 0.15) is 84.8 Å². The number of allylic oxidation sites excluding steroid dienone is 1. The van der Waals surface area contributed by atoms with Crippen molar-refractivity contribution < 1.29 is 9.90 Å². The molecule has 0 heterocycles. The van der Waals surface area contributed by atoms with E-state index in [0.29, 0.717) is 5.56 Å². The van der Waals surface area contributed by atoms with E-state index >= 15 is 0 Å². The maximum absolute atomic E-state index is 11.3. The number of hydrogen-bond acceptors (Lipinski definition) is 1. The van der Waals surface area contributed by atoms with E-state index in [-0.39, 0.29) is 10.8 Å². The van der Waals surface area contributed by atoms with E-state index in [1.54, 1.807) is 12.1 Å². The second kappa shape index (κ2) is 9.61. The Hall–Kier alpha value is -3.17. The highest BCUT2D eigenvalue weighted by Crippen LogP contribution is 2.43. The fraction of sp³-hybridized carbons (Fsp3) is 0.324. The average Bonchev–Trinajstić information content (AvgIpc) is 2.81. The summed E-state index contributed by atoms with van der Waals surface area (Å²) in [5, 5.41) is 10.6. The Morgan fingerprint density at radius 1 is 0.892 bits per heavy atom. The molecule has 0 aliphatic heterocycles. The van der Waals surface area contributed by atoms with Gasteiger partial charge in [0, 0.05) is 0 Å². The van der Waals surface area contributed by atoms with Crippen molar-refractivity contribution in [1.29, 1.82) is 0 Å².